The number of halogens is 4. The van der Waals surface area contributed by atoms with E-state index in [1.165, 1.54) is 26.2 Å². The van der Waals surface area contributed by atoms with Crippen LogP contribution in [0, 0.1) is 0 Å². The van der Waals surface area contributed by atoms with E-state index < -0.39 is 11.9 Å². The molecule has 2 aromatic rings. The molecule has 0 aliphatic heterocycles. The van der Waals surface area contributed by atoms with Gasteiger partial charge in [0.1, 0.15) is 0 Å². The number of anilines is 1. The van der Waals surface area contributed by atoms with E-state index in [0.717, 1.165) is 10.7 Å². The van der Waals surface area contributed by atoms with Crippen LogP contribution in [-0.2, 0) is 19.8 Å². The van der Waals surface area contributed by atoms with E-state index in [1.54, 1.807) is 6.07 Å². The van der Waals surface area contributed by atoms with Crippen molar-refractivity contribution in [1.29, 1.82) is 0 Å². The van der Waals surface area contributed by atoms with Crippen molar-refractivity contribution in [1.82, 2.24) is 15.1 Å². The van der Waals surface area contributed by atoms with Crippen LogP contribution in [0.3, 0.4) is 0 Å². The standard InChI is InChI=1S/C14H14ClF3N4O/c1-19-13(23)10-4-3-8(15)5-11(10)20-7-9-6-12(14(16,17)18)21-22(9)2/h3-6,20H,7H2,1-2H3,(H,19,23). The van der Waals surface area contributed by atoms with E-state index in [4.69, 9.17) is 11.6 Å². The highest BCUT2D eigenvalue weighted by atomic mass is 35.5. The van der Waals surface area contributed by atoms with Crippen molar-refractivity contribution >= 4 is 23.2 Å². The summed E-state index contributed by atoms with van der Waals surface area (Å²) < 4.78 is 39.1. The number of alkyl halides is 3. The molecule has 0 radical (unpaired) electrons. The maximum atomic E-state index is 12.6. The Balaban J connectivity index is 2.23. The van der Waals surface area contributed by atoms with Crippen molar-refractivity contribution in [2.75, 3.05) is 12.4 Å². The predicted octanol–water partition coefficient (Wildman–Crippen LogP) is 3.06. The molecule has 0 bridgehead atoms. The van der Waals surface area contributed by atoms with Gasteiger partial charge in [-0.05, 0) is 24.3 Å². The molecule has 23 heavy (non-hydrogen) atoms. The Morgan fingerprint density at radius 3 is 2.61 bits per heavy atom. The van der Waals surface area contributed by atoms with Gasteiger partial charge in [-0.2, -0.15) is 18.3 Å². The van der Waals surface area contributed by atoms with Gasteiger partial charge in [0.2, 0.25) is 0 Å². The number of carbonyl (C=O) groups excluding carboxylic acids is 1. The summed E-state index contributed by atoms with van der Waals surface area (Å²) in [6.07, 6.45) is -4.50. The van der Waals surface area contributed by atoms with Gasteiger partial charge in [-0.3, -0.25) is 9.48 Å². The zero-order valence-corrected chi connectivity index (χ0v) is 13.1. The first-order valence-electron chi connectivity index (χ1n) is 6.58. The second kappa shape index (κ2) is 6.49. The summed E-state index contributed by atoms with van der Waals surface area (Å²) in [4.78, 5) is 11.8. The first kappa shape index (κ1) is 17.1. The Morgan fingerprint density at radius 1 is 1.35 bits per heavy atom. The summed E-state index contributed by atoms with van der Waals surface area (Å²) >= 11 is 5.90. The van der Waals surface area contributed by atoms with Crippen LogP contribution in [0.4, 0.5) is 18.9 Å². The number of hydrogen-bond acceptors (Lipinski definition) is 3. The number of amides is 1. The third-order valence-electron chi connectivity index (χ3n) is 3.18. The Hall–Kier alpha value is -2.22. The lowest BCUT2D eigenvalue weighted by atomic mass is 10.1. The highest BCUT2D eigenvalue weighted by molar-refractivity contribution is 6.31. The molecule has 0 fully saturated rings. The second-order valence-electron chi connectivity index (χ2n) is 4.76. The number of nitrogens with one attached hydrogen (secondary N) is 2. The molecule has 9 heteroatoms. The highest BCUT2D eigenvalue weighted by Crippen LogP contribution is 2.29. The van der Waals surface area contributed by atoms with Crippen molar-refractivity contribution in [3.8, 4) is 0 Å². The molecule has 2 rings (SSSR count). The summed E-state index contributed by atoms with van der Waals surface area (Å²) in [7, 11) is 2.90. The van der Waals surface area contributed by atoms with Crippen LogP contribution in [0.15, 0.2) is 24.3 Å². The topological polar surface area (TPSA) is 59.0 Å². The Kier molecular flexibility index (Phi) is 4.84. The van der Waals surface area contributed by atoms with E-state index >= 15 is 0 Å². The lowest BCUT2D eigenvalue weighted by molar-refractivity contribution is -0.141. The summed E-state index contributed by atoms with van der Waals surface area (Å²) in [5, 5.41) is 9.24. The molecule has 1 heterocycles. The van der Waals surface area contributed by atoms with E-state index in [9.17, 15) is 18.0 Å². The number of benzene rings is 1. The first-order chi connectivity index (χ1) is 10.7. The minimum absolute atomic E-state index is 0.0594. The predicted molar refractivity (Wildman–Crippen MR) is 80.4 cm³/mol. The van der Waals surface area contributed by atoms with Gasteiger partial charge in [0.15, 0.2) is 5.69 Å². The average Bonchev–Trinajstić information content (AvgIpc) is 2.86. The number of aryl methyl sites for hydroxylation is 1. The van der Waals surface area contributed by atoms with Gasteiger partial charge in [0.05, 0.1) is 17.8 Å². The largest absolute Gasteiger partial charge is 0.435 e. The molecule has 2 N–H and O–H groups in total. The van der Waals surface area contributed by atoms with Crippen molar-refractivity contribution in [2.24, 2.45) is 7.05 Å². The van der Waals surface area contributed by atoms with Gasteiger partial charge in [0, 0.05) is 24.8 Å². The lowest BCUT2D eigenvalue weighted by Crippen LogP contribution is -2.19. The normalized spacial score (nSPS) is 11.4. The third-order valence-corrected chi connectivity index (χ3v) is 3.42. The number of carbonyl (C=O) groups is 1. The van der Waals surface area contributed by atoms with Gasteiger partial charge >= 0.3 is 6.18 Å². The van der Waals surface area contributed by atoms with Crippen molar-refractivity contribution < 1.29 is 18.0 Å². The molecule has 0 atom stereocenters. The molecule has 1 amide bonds. The minimum atomic E-state index is -4.50. The summed E-state index contributed by atoms with van der Waals surface area (Å²) in [6, 6.07) is 5.58. The maximum absolute atomic E-state index is 12.6. The summed E-state index contributed by atoms with van der Waals surface area (Å²) in [6.45, 7) is 0.0594. The number of aromatic nitrogens is 2. The Labute approximate surface area is 135 Å². The molecule has 0 unspecified atom stereocenters. The molecule has 0 saturated heterocycles. The molecular weight excluding hydrogens is 333 g/mol. The van der Waals surface area contributed by atoms with Crippen LogP contribution in [0.25, 0.3) is 0 Å². The summed E-state index contributed by atoms with van der Waals surface area (Å²) in [5.41, 5.74) is 0.122. The SMILES string of the molecule is CNC(=O)c1ccc(Cl)cc1NCc1cc(C(F)(F)F)nn1C. The van der Waals surface area contributed by atoms with Gasteiger partial charge in [0.25, 0.3) is 5.91 Å². The van der Waals surface area contributed by atoms with Crippen LogP contribution in [-0.4, -0.2) is 22.7 Å². The van der Waals surface area contributed by atoms with Crippen LogP contribution in [0.1, 0.15) is 21.7 Å². The smallest absolute Gasteiger partial charge is 0.379 e. The van der Waals surface area contributed by atoms with Crippen LogP contribution >= 0.6 is 11.6 Å². The van der Waals surface area contributed by atoms with E-state index in [-0.39, 0.29) is 12.5 Å². The van der Waals surface area contributed by atoms with Gasteiger partial charge < -0.3 is 10.6 Å². The van der Waals surface area contributed by atoms with Gasteiger partial charge in [-0.15, -0.1) is 0 Å². The average molecular weight is 347 g/mol. The molecule has 0 aliphatic rings. The van der Waals surface area contributed by atoms with Crippen molar-refractivity contribution in [3.05, 3.63) is 46.2 Å². The minimum Gasteiger partial charge on any atom is -0.379 e. The van der Waals surface area contributed by atoms with Crippen molar-refractivity contribution in [2.45, 2.75) is 12.7 Å². The van der Waals surface area contributed by atoms with Crippen molar-refractivity contribution in [3.63, 3.8) is 0 Å². The van der Waals surface area contributed by atoms with E-state index in [0.29, 0.717) is 22.0 Å². The molecule has 5 nitrogen and oxygen atoms in total. The molecule has 0 spiro atoms. The molecular formula is C14H14ClF3N4O. The lowest BCUT2D eigenvalue weighted by Gasteiger charge is -2.11. The van der Waals surface area contributed by atoms with Crippen LogP contribution in [0.5, 0.6) is 0 Å². The number of rotatable bonds is 4. The second-order valence-corrected chi connectivity index (χ2v) is 5.20. The van der Waals surface area contributed by atoms with Gasteiger partial charge in [-0.1, -0.05) is 11.6 Å². The molecule has 1 aromatic heterocycles. The summed E-state index contributed by atoms with van der Waals surface area (Å²) in [5.74, 6) is -0.329. The number of hydrogen-bond donors (Lipinski definition) is 2. The number of nitrogens with zero attached hydrogens (tertiary/aromatic N) is 2. The molecule has 0 aliphatic carbocycles. The third kappa shape index (κ3) is 3.95. The van der Waals surface area contributed by atoms with Gasteiger partial charge in [-0.25, -0.2) is 0 Å². The van der Waals surface area contributed by atoms with E-state index in [1.807, 2.05) is 0 Å². The quantitative estimate of drug-likeness (QED) is 0.894. The zero-order chi connectivity index (χ0) is 17.2. The van der Waals surface area contributed by atoms with Crippen LogP contribution in [0.2, 0.25) is 5.02 Å². The maximum Gasteiger partial charge on any atom is 0.435 e. The Morgan fingerprint density at radius 2 is 2.04 bits per heavy atom. The monoisotopic (exact) mass is 346 g/mol. The van der Waals surface area contributed by atoms with Crippen LogP contribution < -0.4 is 10.6 Å². The highest BCUT2D eigenvalue weighted by Gasteiger charge is 2.34. The zero-order valence-electron chi connectivity index (χ0n) is 12.3. The van der Waals surface area contributed by atoms with E-state index in [2.05, 4.69) is 15.7 Å². The fourth-order valence-corrected chi connectivity index (χ4v) is 2.16. The fourth-order valence-electron chi connectivity index (χ4n) is 1.99. The first-order valence-corrected chi connectivity index (χ1v) is 6.95. The molecule has 1 aromatic carbocycles. The Bertz CT molecular complexity index is 727. The molecule has 124 valence electrons. The molecule has 0 saturated carbocycles. The fraction of sp³-hybridized carbons (Fsp3) is 0.286.